The van der Waals surface area contributed by atoms with Crippen molar-refractivity contribution >= 4 is 23.0 Å². The number of nitrogens with zero attached hydrogens (tertiary/aromatic N) is 2. The van der Waals surface area contributed by atoms with Crippen LogP contribution >= 0.6 is 0 Å². The second kappa shape index (κ2) is 10.3. The lowest BCUT2D eigenvalue weighted by Crippen LogP contribution is -1.89. The van der Waals surface area contributed by atoms with Gasteiger partial charge in [-0.3, -0.25) is 20.2 Å². The zero-order valence-corrected chi connectivity index (χ0v) is 18.7. The van der Waals surface area contributed by atoms with Crippen LogP contribution in [0.5, 0.6) is 23.0 Å². The van der Waals surface area contributed by atoms with Crippen molar-refractivity contribution in [3.63, 3.8) is 0 Å². The highest BCUT2D eigenvalue weighted by Crippen LogP contribution is 2.28. The van der Waals surface area contributed by atoms with Crippen molar-refractivity contribution in [2.45, 2.75) is 6.92 Å². The summed E-state index contributed by atoms with van der Waals surface area (Å²) >= 11 is 0. The van der Waals surface area contributed by atoms with Gasteiger partial charge in [0.15, 0.2) is 0 Å². The third-order valence-electron chi connectivity index (χ3n) is 5.14. The van der Waals surface area contributed by atoms with Gasteiger partial charge in [0.2, 0.25) is 0 Å². The number of allylic oxidation sites excluding steroid dienone is 1. The molecule has 0 heterocycles. The van der Waals surface area contributed by atoms with E-state index < -0.39 is 9.85 Å². The van der Waals surface area contributed by atoms with E-state index in [0.717, 1.165) is 16.7 Å². The summed E-state index contributed by atoms with van der Waals surface area (Å²) in [7, 11) is 0. The number of ether oxygens (including phenoxy) is 2. The molecule has 0 spiro atoms. The number of hydrogen-bond donors (Lipinski definition) is 0. The van der Waals surface area contributed by atoms with Crippen molar-refractivity contribution in [2.24, 2.45) is 0 Å². The Kier molecular flexibility index (Phi) is 6.83. The molecule has 4 aromatic rings. The van der Waals surface area contributed by atoms with Crippen LogP contribution in [0.1, 0.15) is 18.1 Å². The van der Waals surface area contributed by atoms with Gasteiger partial charge in [-0.25, -0.2) is 0 Å². The normalized spacial score (nSPS) is 11.1. The van der Waals surface area contributed by atoms with Crippen LogP contribution in [0.15, 0.2) is 97.1 Å². The van der Waals surface area contributed by atoms with Gasteiger partial charge in [0.05, 0.1) is 9.85 Å². The van der Waals surface area contributed by atoms with E-state index in [0.29, 0.717) is 23.0 Å². The average Bonchev–Trinajstić information content (AvgIpc) is 2.86. The smallest absolute Gasteiger partial charge is 0.269 e. The first-order chi connectivity index (χ1) is 16.9. The third kappa shape index (κ3) is 6.08. The van der Waals surface area contributed by atoms with Gasteiger partial charge in [0.25, 0.3) is 11.4 Å². The van der Waals surface area contributed by atoms with Gasteiger partial charge in [-0.1, -0.05) is 30.3 Å². The van der Waals surface area contributed by atoms with Crippen LogP contribution in [-0.2, 0) is 0 Å². The highest BCUT2D eigenvalue weighted by atomic mass is 16.6. The summed E-state index contributed by atoms with van der Waals surface area (Å²) in [5.74, 6) is 2.29. The first kappa shape index (κ1) is 23.2. The lowest BCUT2D eigenvalue weighted by Gasteiger charge is -2.08. The summed E-state index contributed by atoms with van der Waals surface area (Å²) in [5.41, 5.74) is 3.09. The standard InChI is InChI=1S/C27H20N2O6/c1-19(21-4-12-25(13-5-21)35-27-16-8-23(9-17-27)29(32)33)18-20-2-10-24(11-3-20)34-26-14-6-22(7-15-26)28(30)31/h2-18H,1H3/b19-18+. The van der Waals surface area contributed by atoms with Gasteiger partial charge in [-0.15, -0.1) is 0 Å². The van der Waals surface area contributed by atoms with E-state index in [4.69, 9.17) is 9.47 Å². The molecule has 0 saturated heterocycles. The SMILES string of the molecule is C/C(=C\c1ccc(Oc2ccc([N+](=O)[O-])cc2)cc1)c1ccc(Oc2ccc([N+](=O)[O-])cc2)cc1. The van der Waals surface area contributed by atoms with E-state index in [9.17, 15) is 20.2 Å². The van der Waals surface area contributed by atoms with E-state index in [1.807, 2.05) is 61.5 Å². The van der Waals surface area contributed by atoms with Crippen molar-refractivity contribution in [3.05, 3.63) is 128 Å². The minimum Gasteiger partial charge on any atom is -0.457 e. The number of hydrogen-bond acceptors (Lipinski definition) is 6. The Bertz CT molecular complexity index is 1360. The molecule has 35 heavy (non-hydrogen) atoms. The van der Waals surface area contributed by atoms with Gasteiger partial charge >= 0.3 is 0 Å². The molecule has 0 amide bonds. The summed E-state index contributed by atoms with van der Waals surface area (Å²) in [5, 5.41) is 21.5. The molecule has 0 bridgehead atoms. The van der Waals surface area contributed by atoms with Crippen LogP contribution in [0.2, 0.25) is 0 Å². The number of nitro groups is 2. The molecule has 0 unspecified atom stereocenters. The molecule has 4 rings (SSSR count). The van der Waals surface area contributed by atoms with E-state index in [1.165, 1.54) is 24.3 Å². The highest BCUT2D eigenvalue weighted by molar-refractivity contribution is 5.80. The van der Waals surface area contributed by atoms with Gasteiger partial charge < -0.3 is 9.47 Å². The zero-order valence-electron chi connectivity index (χ0n) is 18.7. The second-order valence-corrected chi connectivity index (χ2v) is 7.63. The van der Waals surface area contributed by atoms with E-state index in [1.54, 1.807) is 24.3 Å². The molecule has 0 aliphatic carbocycles. The zero-order chi connectivity index (χ0) is 24.8. The lowest BCUT2D eigenvalue weighted by molar-refractivity contribution is -0.385. The molecule has 174 valence electrons. The largest absolute Gasteiger partial charge is 0.457 e. The third-order valence-corrected chi connectivity index (χ3v) is 5.14. The van der Waals surface area contributed by atoms with Crippen LogP contribution in [0.3, 0.4) is 0 Å². The quantitative estimate of drug-likeness (QED) is 0.149. The summed E-state index contributed by atoms with van der Waals surface area (Å²) in [4.78, 5) is 20.6. The Morgan fingerprint density at radius 1 is 0.600 bits per heavy atom. The van der Waals surface area contributed by atoms with Crippen molar-refractivity contribution in [2.75, 3.05) is 0 Å². The molecular weight excluding hydrogens is 448 g/mol. The van der Waals surface area contributed by atoms with Crippen LogP contribution < -0.4 is 9.47 Å². The Morgan fingerprint density at radius 2 is 0.943 bits per heavy atom. The molecule has 0 aliphatic rings. The predicted molar refractivity (Wildman–Crippen MR) is 133 cm³/mol. The molecule has 0 radical (unpaired) electrons. The van der Waals surface area contributed by atoms with Gasteiger partial charge in [-0.05, 0) is 72.2 Å². The van der Waals surface area contributed by atoms with E-state index in [-0.39, 0.29) is 11.4 Å². The van der Waals surface area contributed by atoms with Crippen molar-refractivity contribution < 1.29 is 19.3 Å². The molecule has 0 saturated carbocycles. The van der Waals surface area contributed by atoms with Gasteiger partial charge in [-0.2, -0.15) is 0 Å². The second-order valence-electron chi connectivity index (χ2n) is 7.63. The Balaban J connectivity index is 1.38. The van der Waals surface area contributed by atoms with Crippen LogP contribution in [-0.4, -0.2) is 9.85 Å². The molecular formula is C27H20N2O6. The Labute approximate surface area is 201 Å². The molecule has 8 nitrogen and oxygen atoms in total. The minimum atomic E-state index is -0.452. The monoisotopic (exact) mass is 468 g/mol. The number of non-ortho nitro benzene ring substituents is 2. The lowest BCUT2D eigenvalue weighted by atomic mass is 10.0. The number of benzene rings is 4. The minimum absolute atomic E-state index is 0.0132. The summed E-state index contributed by atoms with van der Waals surface area (Å²) in [6, 6.07) is 26.9. The molecule has 0 aliphatic heterocycles. The number of rotatable bonds is 8. The van der Waals surface area contributed by atoms with E-state index >= 15 is 0 Å². The maximum absolute atomic E-state index is 10.8. The summed E-state index contributed by atoms with van der Waals surface area (Å²) in [6.45, 7) is 2.01. The highest BCUT2D eigenvalue weighted by Gasteiger charge is 2.07. The van der Waals surface area contributed by atoms with Gasteiger partial charge in [0, 0.05) is 24.3 Å². The van der Waals surface area contributed by atoms with Crippen LogP contribution in [0.4, 0.5) is 11.4 Å². The molecule has 4 aromatic carbocycles. The fourth-order valence-electron chi connectivity index (χ4n) is 3.30. The molecule has 0 N–H and O–H groups in total. The van der Waals surface area contributed by atoms with Crippen LogP contribution in [0.25, 0.3) is 11.6 Å². The fraction of sp³-hybridized carbons (Fsp3) is 0.0370. The molecule has 0 aromatic heterocycles. The summed E-state index contributed by atoms with van der Waals surface area (Å²) < 4.78 is 11.5. The maximum Gasteiger partial charge on any atom is 0.269 e. The number of nitro benzene ring substituents is 2. The first-order valence-corrected chi connectivity index (χ1v) is 10.6. The molecule has 0 fully saturated rings. The van der Waals surface area contributed by atoms with Crippen molar-refractivity contribution in [1.82, 2.24) is 0 Å². The Morgan fingerprint density at radius 3 is 1.31 bits per heavy atom. The maximum atomic E-state index is 10.8. The predicted octanol–water partition coefficient (Wildman–Crippen LogP) is 7.65. The van der Waals surface area contributed by atoms with Crippen molar-refractivity contribution in [1.29, 1.82) is 0 Å². The first-order valence-electron chi connectivity index (χ1n) is 10.6. The summed E-state index contributed by atoms with van der Waals surface area (Å²) in [6.07, 6.45) is 2.04. The topological polar surface area (TPSA) is 105 Å². The molecule has 0 atom stereocenters. The van der Waals surface area contributed by atoms with Crippen molar-refractivity contribution in [3.8, 4) is 23.0 Å². The average molecular weight is 468 g/mol. The molecule has 8 heteroatoms. The Hall–Kier alpha value is -4.98. The van der Waals surface area contributed by atoms with Crippen LogP contribution in [0, 0.1) is 20.2 Å². The fourth-order valence-corrected chi connectivity index (χ4v) is 3.30. The van der Waals surface area contributed by atoms with Gasteiger partial charge in [0.1, 0.15) is 23.0 Å². The van der Waals surface area contributed by atoms with E-state index in [2.05, 4.69) is 0 Å².